The van der Waals surface area contributed by atoms with Crippen molar-refractivity contribution in [2.75, 3.05) is 11.9 Å². The third-order valence-electron chi connectivity index (χ3n) is 3.48. The van der Waals surface area contributed by atoms with Crippen LogP contribution in [0.2, 0.25) is 0 Å². The molecule has 2 rings (SSSR count). The smallest absolute Gasteiger partial charge is 0.256 e. The van der Waals surface area contributed by atoms with E-state index in [9.17, 15) is 4.79 Å². The van der Waals surface area contributed by atoms with Crippen LogP contribution >= 0.6 is 0 Å². The highest BCUT2D eigenvalue weighted by molar-refractivity contribution is 5.82. The summed E-state index contributed by atoms with van der Waals surface area (Å²) in [6.45, 7) is 7.11. The molecule has 1 aliphatic heterocycles. The normalized spacial score (nSPS) is 19.7. The van der Waals surface area contributed by atoms with Crippen molar-refractivity contribution in [2.24, 2.45) is 5.73 Å². The molecule has 0 saturated carbocycles. The third kappa shape index (κ3) is 5.49. The summed E-state index contributed by atoms with van der Waals surface area (Å²) in [7, 11) is 0. The number of carbonyl (C=O) groups is 1. The molecule has 1 aromatic carbocycles. The van der Waals surface area contributed by atoms with E-state index < -0.39 is 0 Å². The molecule has 1 atom stereocenters. The van der Waals surface area contributed by atoms with Gasteiger partial charge < -0.3 is 16.4 Å². The van der Waals surface area contributed by atoms with Gasteiger partial charge in [-0.15, -0.1) is 0 Å². The van der Waals surface area contributed by atoms with E-state index in [1.807, 2.05) is 24.3 Å². The average molecular weight is 317 g/mol. The SMILES string of the molecule is CC(C)(C)Nc1cccc(/C(N)=C/NC2CCCNNC2=O)c1. The molecule has 0 spiro atoms. The van der Waals surface area contributed by atoms with Crippen LogP contribution in [0.1, 0.15) is 39.2 Å². The second kappa shape index (κ2) is 7.37. The van der Waals surface area contributed by atoms with Crippen molar-refractivity contribution < 1.29 is 4.79 Å². The third-order valence-corrected chi connectivity index (χ3v) is 3.48. The van der Waals surface area contributed by atoms with E-state index in [2.05, 4.69) is 42.3 Å². The number of rotatable bonds is 4. The predicted molar refractivity (Wildman–Crippen MR) is 94.3 cm³/mol. The molecule has 0 aliphatic carbocycles. The Balaban J connectivity index is 2.05. The fourth-order valence-electron chi connectivity index (χ4n) is 2.40. The molecule has 1 amide bonds. The van der Waals surface area contributed by atoms with Crippen LogP contribution in [0.3, 0.4) is 0 Å². The molecule has 6 heteroatoms. The Bertz CT molecular complexity index is 577. The van der Waals surface area contributed by atoms with Crippen LogP contribution < -0.4 is 27.2 Å². The molecular formula is C17H27N5O. The molecule has 1 unspecified atom stereocenters. The second-order valence-electron chi connectivity index (χ2n) is 6.83. The van der Waals surface area contributed by atoms with E-state index in [0.29, 0.717) is 5.70 Å². The van der Waals surface area contributed by atoms with Crippen LogP contribution in [0.4, 0.5) is 5.69 Å². The minimum atomic E-state index is -0.264. The number of benzene rings is 1. The van der Waals surface area contributed by atoms with Gasteiger partial charge in [-0.1, -0.05) is 12.1 Å². The van der Waals surface area contributed by atoms with Gasteiger partial charge in [-0.2, -0.15) is 0 Å². The first kappa shape index (κ1) is 17.1. The Kier molecular flexibility index (Phi) is 5.50. The Morgan fingerprint density at radius 2 is 2.17 bits per heavy atom. The van der Waals surface area contributed by atoms with Crippen molar-refractivity contribution in [3.8, 4) is 0 Å². The minimum Gasteiger partial charge on any atom is -0.397 e. The first-order chi connectivity index (χ1) is 10.8. The molecule has 126 valence electrons. The highest BCUT2D eigenvalue weighted by atomic mass is 16.2. The monoisotopic (exact) mass is 317 g/mol. The Labute approximate surface area is 137 Å². The van der Waals surface area contributed by atoms with E-state index >= 15 is 0 Å². The number of nitrogens with two attached hydrogens (primary N) is 1. The zero-order chi connectivity index (χ0) is 16.9. The molecule has 1 saturated heterocycles. The predicted octanol–water partition coefficient (Wildman–Crippen LogP) is 1.53. The number of amides is 1. The van der Waals surface area contributed by atoms with Gasteiger partial charge in [0.15, 0.2) is 0 Å². The topological polar surface area (TPSA) is 91.2 Å². The van der Waals surface area contributed by atoms with Gasteiger partial charge in [-0.3, -0.25) is 10.2 Å². The number of carbonyl (C=O) groups excluding carboxylic acids is 1. The largest absolute Gasteiger partial charge is 0.397 e. The average Bonchev–Trinajstić information content (AvgIpc) is 2.68. The first-order valence-electron chi connectivity index (χ1n) is 7.98. The zero-order valence-electron chi connectivity index (χ0n) is 14.1. The maximum atomic E-state index is 11.9. The molecule has 0 radical (unpaired) electrons. The molecule has 0 aromatic heterocycles. The molecule has 1 heterocycles. The van der Waals surface area contributed by atoms with Crippen LogP contribution in [0.15, 0.2) is 30.5 Å². The lowest BCUT2D eigenvalue weighted by molar-refractivity contribution is -0.123. The number of nitrogens with one attached hydrogen (secondary N) is 4. The fourth-order valence-corrected chi connectivity index (χ4v) is 2.40. The van der Waals surface area contributed by atoms with Gasteiger partial charge in [-0.05, 0) is 45.7 Å². The van der Waals surface area contributed by atoms with Crippen molar-refractivity contribution in [2.45, 2.75) is 45.2 Å². The molecule has 6 nitrogen and oxygen atoms in total. The quantitative estimate of drug-likeness (QED) is 0.581. The van der Waals surface area contributed by atoms with Crippen LogP contribution in [-0.4, -0.2) is 24.0 Å². The molecule has 1 aliphatic rings. The lowest BCUT2D eigenvalue weighted by atomic mass is 10.1. The van der Waals surface area contributed by atoms with Gasteiger partial charge in [0, 0.05) is 29.5 Å². The fraction of sp³-hybridized carbons (Fsp3) is 0.471. The van der Waals surface area contributed by atoms with Crippen molar-refractivity contribution in [3.63, 3.8) is 0 Å². The number of hydrogen-bond acceptors (Lipinski definition) is 5. The molecule has 23 heavy (non-hydrogen) atoms. The van der Waals surface area contributed by atoms with E-state index in [-0.39, 0.29) is 17.5 Å². The van der Waals surface area contributed by atoms with Crippen LogP contribution in [-0.2, 0) is 4.79 Å². The summed E-state index contributed by atoms with van der Waals surface area (Å²) in [6, 6.07) is 7.68. The number of hydrogen-bond donors (Lipinski definition) is 5. The first-order valence-corrected chi connectivity index (χ1v) is 7.98. The summed E-state index contributed by atoms with van der Waals surface area (Å²) in [5.41, 5.74) is 14.2. The zero-order valence-corrected chi connectivity index (χ0v) is 14.1. The Hall–Kier alpha value is -2.21. The van der Waals surface area contributed by atoms with Crippen molar-refractivity contribution in [1.82, 2.24) is 16.2 Å². The van der Waals surface area contributed by atoms with E-state index in [4.69, 9.17) is 5.73 Å². The van der Waals surface area contributed by atoms with Gasteiger partial charge in [0.05, 0.1) is 5.70 Å². The highest BCUT2D eigenvalue weighted by Crippen LogP contribution is 2.18. The van der Waals surface area contributed by atoms with Gasteiger partial charge >= 0.3 is 0 Å². The maximum Gasteiger partial charge on any atom is 0.256 e. The van der Waals surface area contributed by atoms with Gasteiger partial charge in [0.1, 0.15) is 6.04 Å². The van der Waals surface area contributed by atoms with E-state index in [0.717, 1.165) is 30.6 Å². The number of anilines is 1. The molecular weight excluding hydrogens is 290 g/mol. The second-order valence-corrected chi connectivity index (χ2v) is 6.83. The Morgan fingerprint density at radius 1 is 1.39 bits per heavy atom. The lowest BCUT2D eigenvalue weighted by Crippen LogP contribution is -2.45. The summed E-state index contributed by atoms with van der Waals surface area (Å²) in [6.07, 6.45) is 3.41. The molecule has 0 bridgehead atoms. The number of hydrazine groups is 1. The lowest BCUT2D eigenvalue weighted by Gasteiger charge is -2.22. The summed E-state index contributed by atoms with van der Waals surface area (Å²) >= 11 is 0. The summed E-state index contributed by atoms with van der Waals surface area (Å²) in [4.78, 5) is 11.9. The highest BCUT2D eigenvalue weighted by Gasteiger charge is 2.19. The summed E-state index contributed by atoms with van der Waals surface area (Å²) in [5.74, 6) is -0.0605. The van der Waals surface area contributed by atoms with Crippen molar-refractivity contribution in [3.05, 3.63) is 36.0 Å². The van der Waals surface area contributed by atoms with Gasteiger partial charge in [0.25, 0.3) is 5.91 Å². The Morgan fingerprint density at radius 3 is 2.91 bits per heavy atom. The van der Waals surface area contributed by atoms with Gasteiger partial charge in [0.2, 0.25) is 0 Å². The van der Waals surface area contributed by atoms with Crippen molar-refractivity contribution >= 4 is 17.3 Å². The molecule has 6 N–H and O–H groups in total. The van der Waals surface area contributed by atoms with Gasteiger partial charge in [-0.25, -0.2) is 5.43 Å². The van der Waals surface area contributed by atoms with E-state index in [1.165, 1.54) is 0 Å². The summed E-state index contributed by atoms with van der Waals surface area (Å²) < 4.78 is 0. The van der Waals surface area contributed by atoms with Crippen LogP contribution in [0.5, 0.6) is 0 Å². The maximum absolute atomic E-state index is 11.9. The standard InChI is InChI=1S/C17H27N5O/c1-17(2,3)21-13-7-4-6-12(10-13)14(18)11-19-15-8-5-9-20-22-16(15)23/h4,6-7,10-11,15,19-21H,5,8-9,18H2,1-3H3,(H,22,23)/b14-11-. The van der Waals surface area contributed by atoms with E-state index in [1.54, 1.807) is 6.20 Å². The van der Waals surface area contributed by atoms with Crippen LogP contribution in [0.25, 0.3) is 5.70 Å². The minimum absolute atomic E-state index is 0.0131. The van der Waals surface area contributed by atoms with Crippen molar-refractivity contribution in [1.29, 1.82) is 0 Å². The molecule has 1 aromatic rings. The molecule has 1 fully saturated rings. The summed E-state index contributed by atoms with van der Waals surface area (Å²) in [5, 5.41) is 6.54. The van der Waals surface area contributed by atoms with Crippen LogP contribution in [0, 0.1) is 0 Å².